The lowest BCUT2D eigenvalue weighted by molar-refractivity contribution is 0.0958. The van der Waals surface area contributed by atoms with E-state index < -0.39 is 28.5 Å². The number of nitroso groups, excluding NO2 is 1. The molecule has 1 aromatic rings. The first kappa shape index (κ1) is 9.84. The highest BCUT2D eigenvalue weighted by Gasteiger charge is 2.15. The van der Waals surface area contributed by atoms with E-state index in [1.54, 1.807) is 4.98 Å². The molecule has 1 rings (SSSR count). The summed E-state index contributed by atoms with van der Waals surface area (Å²) in [6.45, 7) is 0. The fraction of sp³-hybridized carbons (Fsp3) is 0.167. The van der Waals surface area contributed by atoms with Gasteiger partial charge in [0.05, 0.1) is 0 Å². The Labute approximate surface area is 76.3 Å². The lowest BCUT2D eigenvalue weighted by Gasteiger charge is -1.99. The second-order valence-corrected chi connectivity index (χ2v) is 2.30. The van der Waals surface area contributed by atoms with E-state index in [0.29, 0.717) is 0 Å². The van der Waals surface area contributed by atoms with E-state index in [1.165, 1.54) is 7.05 Å². The van der Waals surface area contributed by atoms with Crippen LogP contribution in [0.3, 0.4) is 0 Å². The van der Waals surface area contributed by atoms with Crippen LogP contribution in [0, 0.1) is 4.91 Å². The van der Waals surface area contributed by atoms with Crippen molar-refractivity contribution in [2.45, 2.75) is 0 Å². The molecule has 8 nitrogen and oxygen atoms in total. The monoisotopic (exact) mass is 198 g/mol. The van der Waals surface area contributed by atoms with Crippen LogP contribution in [0.15, 0.2) is 14.8 Å². The minimum Gasteiger partial charge on any atom is -0.354 e. The molecule has 0 atom stereocenters. The van der Waals surface area contributed by atoms with Crippen LogP contribution in [0.2, 0.25) is 0 Å². The number of hydrogen-bond donors (Lipinski definition) is 3. The fourth-order valence-electron chi connectivity index (χ4n) is 0.856. The number of carbonyl (C=O) groups excluding carboxylic acids is 1. The van der Waals surface area contributed by atoms with Gasteiger partial charge in [0.25, 0.3) is 11.5 Å². The largest absolute Gasteiger partial charge is 0.354 e. The predicted octanol–water partition coefficient (Wildman–Crippen LogP) is -1.18. The van der Waals surface area contributed by atoms with Gasteiger partial charge in [0, 0.05) is 7.05 Å². The number of aromatic nitrogens is 2. The molecule has 0 fully saturated rings. The highest BCUT2D eigenvalue weighted by molar-refractivity contribution is 5.96. The first-order chi connectivity index (χ1) is 6.60. The Balaban J connectivity index is 3.55. The molecule has 1 amide bonds. The van der Waals surface area contributed by atoms with E-state index in [9.17, 15) is 19.3 Å². The van der Waals surface area contributed by atoms with Crippen molar-refractivity contribution in [2.24, 2.45) is 5.18 Å². The van der Waals surface area contributed by atoms with Crippen LogP contribution < -0.4 is 16.6 Å². The van der Waals surface area contributed by atoms with Crippen molar-refractivity contribution in [3.63, 3.8) is 0 Å². The van der Waals surface area contributed by atoms with Crippen molar-refractivity contribution in [3.05, 3.63) is 31.4 Å². The number of carbonyl (C=O) groups is 1. The summed E-state index contributed by atoms with van der Waals surface area (Å²) in [5.41, 5.74) is -2.97. The normalized spacial score (nSPS) is 9.50. The SMILES string of the molecule is CNC(=O)c1[nH]c(=O)[nH]c(=O)c1N=O. The zero-order valence-corrected chi connectivity index (χ0v) is 7.08. The summed E-state index contributed by atoms with van der Waals surface area (Å²) < 4.78 is 0. The van der Waals surface area contributed by atoms with Gasteiger partial charge in [0.1, 0.15) is 5.69 Å². The zero-order valence-electron chi connectivity index (χ0n) is 7.08. The molecule has 0 unspecified atom stereocenters. The second kappa shape index (κ2) is 3.64. The Bertz CT molecular complexity index is 485. The van der Waals surface area contributed by atoms with Crippen LogP contribution in [-0.2, 0) is 0 Å². The van der Waals surface area contributed by atoms with Crippen LogP contribution in [0.1, 0.15) is 10.5 Å². The Hall–Kier alpha value is -2.25. The number of amides is 1. The van der Waals surface area contributed by atoms with Crippen LogP contribution in [-0.4, -0.2) is 22.9 Å². The summed E-state index contributed by atoms with van der Waals surface area (Å²) in [4.78, 5) is 46.8. The molecule has 0 radical (unpaired) electrons. The zero-order chi connectivity index (χ0) is 10.7. The van der Waals surface area contributed by atoms with Crippen molar-refractivity contribution in [3.8, 4) is 0 Å². The average Bonchev–Trinajstić information content (AvgIpc) is 2.15. The molecular weight excluding hydrogens is 192 g/mol. The van der Waals surface area contributed by atoms with Gasteiger partial charge in [-0.1, -0.05) is 0 Å². The fourth-order valence-corrected chi connectivity index (χ4v) is 0.856. The Morgan fingerprint density at radius 3 is 2.50 bits per heavy atom. The Morgan fingerprint density at radius 1 is 1.36 bits per heavy atom. The third-order valence-corrected chi connectivity index (χ3v) is 1.46. The first-order valence-electron chi connectivity index (χ1n) is 3.52. The maximum Gasteiger partial charge on any atom is 0.326 e. The van der Waals surface area contributed by atoms with Crippen molar-refractivity contribution in [2.75, 3.05) is 7.05 Å². The van der Waals surface area contributed by atoms with Crippen LogP contribution in [0.5, 0.6) is 0 Å². The standard InChI is InChI=1S/C6H6N4O4/c1-7-4(11)2-3(10-14)5(12)9-6(13)8-2/h1H3,(H,7,11)(H2,8,9,12,13). The maximum atomic E-state index is 11.1. The van der Waals surface area contributed by atoms with Crippen LogP contribution in [0.4, 0.5) is 5.69 Å². The van der Waals surface area contributed by atoms with Crippen LogP contribution in [0.25, 0.3) is 0 Å². The summed E-state index contributed by atoms with van der Waals surface area (Å²) in [7, 11) is 1.29. The predicted molar refractivity (Wildman–Crippen MR) is 46.5 cm³/mol. The number of nitrogens with one attached hydrogen (secondary N) is 3. The third-order valence-electron chi connectivity index (χ3n) is 1.46. The molecule has 1 aromatic heterocycles. The van der Waals surface area contributed by atoms with Gasteiger partial charge >= 0.3 is 5.69 Å². The van der Waals surface area contributed by atoms with Gasteiger partial charge in [-0.25, -0.2) is 4.79 Å². The molecule has 1 heterocycles. The van der Waals surface area contributed by atoms with Gasteiger partial charge in [-0.15, -0.1) is 4.91 Å². The number of hydrogen-bond acceptors (Lipinski definition) is 5. The van der Waals surface area contributed by atoms with Crippen molar-refractivity contribution in [1.29, 1.82) is 0 Å². The molecule has 14 heavy (non-hydrogen) atoms. The highest BCUT2D eigenvalue weighted by atomic mass is 16.3. The van der Waals surface area contributed by atoms with E-state index in [1.807, 2.05) is 4.98 Å². The lowest BCUT2D eigenvalue weighted by atomic mass is 10.3. The van der Waals surface area contributed by atoms with Crippen molar-refractivity contribution < 1.29 is 4.79 Å². The van der Waals surface area contributed by atoms with Gasteiger partial charge in [0.2, 0.25) is 5.69 Å². The molecule has 0 aliphatic carbocycles. The molecule has 0 aliphatic rings. The summed E-state index contributed by atoms with van der Waals surface area (Å²) in [5, 5.41) is 4.51. The third kappa shape index (κ3) is 1.58. The van der Waals surface area contributed by atoms with Crippen molar-refractivity contribution >= 4 is 11.6 Å². The Morgan fingerprint density at radius 2 is 2.00 bits per heavy atom. The van der Waals surface area contributed by atoms with Gasteiger partial charge in [0.15, 0.2) is 0 Å². The second-order valence-electron chi connectivity index (χ2n) is 2.30. The summed E-state index contributed by atoms with van der Waals surface area (Å²) in [6, 6.07) is 0. The number of rotatable bonds is 2. The van der Waals surface area contributed by atoms with Gasteiger partial charge in [-0.05, 0) is 5.18 Å². The van der Waals surface area contributed by atoms with E-state index in [2.05, 4.69) is 10.5 Å². The quantitative estimate of drug-likeness (QED) is 0.517. The van der Waals surface area contributed by atoms with E-state index in [4.69, 9.17) is 0 Å². The minimum atomic E-state index is -0.998. The molecule has 0 aliphatic heterocycles. The molecule has 8 heteroatoms. The highest BCUT2D eigenvalue weighted by Crippen LogP contribution is 2.06. The van der Waals surface area contributed by atoms with Crippen molar-refractivity contribution in [1.82, 2.24) is 15.3 Å². The number of aromatic amines is 2. The number of H-pyrrole nitrogens is 2. The number of nitrogens with zero attached hydrogens (tertiary/aromatic N) is 1. The molecule has 0 aromatic carbocycles. The summed E-state index contributed by atoms with van der Waals surface area (Å²) >= 11 is 0. The van der Waals surface area contributed by atoms with Gasteiger partial charge < -0.3 is 10.3 Å². The molecule has 0 bridgehead atoms. The van der Waals surface area contributed by atoms with Gasteiger partial charge in [-0.3, -0.25) is 14.6 Å². The molecule has 0 saturated carbocycles. The smallest absolute Gasteiger partial charge is 0.326 e. The summed E-state index contributed by atoms with van der Waals surface area (Å²) in [5.74, 6) is -0.761. The lowest BCUT2D eigenvalue weighted by Crippen LogP contribution is -2.29. The van der Waals surface area contributed by atoms with Gasteiger partial charge in [-0.2, -0.15) is 0 Å². The maximum absolute atomic E-state index is 11.1. The van der Waals surface area contributed by atoms with E-state index in [-0.39, 0.29) is 0 Å². The summed E-state index contributed by atoms with van der Waals surface area (Å²) in [6.07, 6.45) is 0. The minimum absolute atomic E-state index is 0.448. The molecule has 0 saturated heterocycles. The van der Waals surface area contributed by atoms with E-state index >= 15 is 0 Å². The first-order valence-corrected chi connectivity index (χ1v) is 3.52. The van der Waals surface area contributed by atoms with E-state index in [0.717, 1.165) is 0 Å². The Kier molecular flexibility index (Phi) is 2.56. The molecule has 0 spiro atoms. The molecule has 3 N–H and O–H groups in total. The van der Waals surface area contributed by atoms with Crippen LogP contribution >= 0.6 is 0 Å². The molecule has 74 valence electrons. The topological polar surface area (TPSA) is 124 Å². The average molecular weight is 198 g/mol. The molecular formula is C6H6N4O4.